The van der Waals surface area contributed by atoms with Gasteiger partial charge >= 0.3 is 0 Å². The number of fused-ring (bicyclic) bond motifs is 3. The van der Waals surface area contributed by atoms with Gasteiger partial charge in [-0.25, -0.2) is 0 Å². The van der Waals surface area contributed by atoms with Crippen LogP contribution in [-0.2, 0) is 9.53 Å². The highest BCUT2D eigenvalue weighted by molar-refractivity contribution is 5.91. The molecule has 3 heteroatoms. The monoisotopic (exact) mass is 344 g/mol. The van der Waals surface area contributed by atoms with E-state index in [4.69, 9.17) is 4.74 Å². The second-order valence-electron chi connectivity index (χ2n) is 10.2. The van der Waals surface area contributed by atoms with Gasteiger partial charge in [0, 0.05) is 18.9 Å². The van der Waals surface area contributed by atoms with Crippen LogP contribution in [0, 0.1) is 40.4 Å². The van der Waals surface area contributed by atoms with E-state index in [2.05, 4.69) is 13.8 Å². The summed E-state index contributed by atoms with van der Waals surface area (Å²) < 4.78 is 5.47. The summed E-state index contributed by atoms with van der Waals surface area (Å²) in [5.74, 6) is 3.74. The SMILES string of the molecule is COCC1(O)CC2CC23[C@@H]2C(C)CC4=CC(=O)CC[C@@H]4[C@H]2CC[C@]13C. The molecule has 25 heavy (non-hydrogen) atoms. The van der Waals surface area contributed by atoms with Gasteiger partial charge in [-0.1, -0.05) is 19.4 Å². The van der Waals surface area contributed by atoms with Gasteiger partial charge < -0.3 is 9.84 Å². The van der Waals surface area contributed by atoms with Crippen molar-refractivity contribution in [3.8, 4) is 0 Å². The van der Waals surface area contributed by atoms with E-state index in [9.17, 15) is 9.90 Å². The maximum atomic E-state index is 11.9. The number of methoxy groups -OCH3 is 1. The van der Waals surface area contributed by atoms with Crippen LogP contribution in [0.1, 0.15) is 58.8 Å². The fraction of sp³-hybridized carbons (Fsp3) is 0.864. The number of aliphatic hydroxyl groups is 1. The van der Waals surface area contributed by atoms with Gasteiger partial charge in [0.1, 0.15) is 0 Å². The largest absolute Gasteiger partial charge is 0.387 e. The Bertz CT molecular complexity index is 654. The van der Waals surface area contributed by atoms with Crippen molar-refractivity contribution in [2.75, 3.05) is 13.7 Å². The minimum Gasteiger partial charge on any atom is -0.387 e. The lowest BCUT2D eigenvalue weighted by atomic mass is 9.46. The molecule has 0 aromatic carbocycles. The Balaban J connectivity index is 1.54. The van der Waals surface area contributed by atoms with Gasteiger partial charge in [-0.05, 0) is 79.6 Å². The van der Waals surface area contributed by atoms with Crippen molar-refractivity contribution in [1.29, 1.82) is 0 Å². The van der Waals surface area contributed by atoms with Crippen molar-refractivity contribution in [1.82, 2.24) is 0 Å². The molecular formula is C22H32O3. The first-order valence-corrected chi connectivity index (χ1v) is 10.3. The van der Waals surface area contributed by atoms with Gasteiger partial charge in [0.2, 0.25) is 0 Å². The average molecular weight is 344 g/mol. The van der Waals surface area contributed by atoms with E-state index in [1.807, 2.05) is 6.08 Å². The third kappa shape index (κ3) is 1.82. The van der Waals surface area contributed by atoms with E-state index in [0.29, 0.717) is 35.6 Å². The first-order valence-electron chi connectivity index (χ1n) is 10.3. The maximum Gasteiger partial charge on any atom is 0.155 e. The van der Waals surface area contributed by atoms with Crippen LogP contribution in [0.2, 0.25) is 0 Å². The third-order valence-corrected chi connectivity index (χ3v) is 9.42. The average Bonchev–Trinajstić information content (AvgIpc) is 3.20. The van der Waals surface area contributed by atoms with E-state index in [1.54, 1.807) is 7.11 Å². The quantitative estimate of drug-likeness (QED) is 0.830. The molecule has 1 spiro atoms. The number of allylic oxidation sites excluding steroid dienone is 1. The summed E-state index contributed by atoms with van der Waals surface area (Å²) in [7, 11) is 1.73. The molecule has 0 aliphatic heterocycles. The molecule has 4 unspecified atom stereocenters. The van der Waals surface area contributed by atoms with Gasteiger partial charge in [-0.15, -0.1) is 0 Å². The van der Waals surface area contributed by atoms with Crippen LogP contribution in [0.4, 0.5) is 0 Å². The predicted molar refractivity (Wildman–Crippen MR) is 95.9 cm³/mol. The predicted octanol–water partition coefficient (Wildman–Crippen LogP) is 3.75. The molecular weight excluding hydrogens is 312 g/mol. The summed E-state index contributed by atoms with van der Waals surface area (Å²) in [6.45, 7) is 5.27. The summed E-state index contributed by atoms with van der Waals surface area (Å²) in [4.78, 5) is 11.9. The number of ketones is 1. The van der Waals surface area contributed by atoms with E-state index in [1.165, 1.54) is 18.4 Å². The molecule has 0 aromatic heterocycles. The molecule has 0 aromatic rings. The zero-order valence-corrected chi connectivity index (χ0v) is 15.9. The van der Waals surface area contributed by atoms with Crippen LogP contribution in [-0.4, -0.2) is 30.2 Å². The highest BCUT2D eigenvalue weighted by Crippen LogP contribution is 2.84. The van der Waals surface area contributed by atoms with Crippen molar-refractivity contribution in [2.24, 2.45) is 40.4 Å². The third-order valence-electron chi connectivity index (χ3n) is 9.42. The van der Waals surface area contributed by atoms with Crippen LogP contribution < -0.4 is 0 Å². The smallest absolute Gasteiger partial charge is 0.155 e. The molecule has 5 rings (SSSR count). The number of ether oxygens (including phenoxy) is 1. The normalized spacial score (nSPS) is 56.4. The first-order chi connectivity index (χ1) is 11.9. The summed E-state index contributed by atoms with van der Waals surface area (Å²) in [6.07, 6.45) is 9.48. The Kier molecular flexibility index (Phi) is 3.29. The van der Waals surface area contributed by atoms with Crippen LogP contribution in [0.15, 0.2) is 11.6 Å². The molecule has 5 aliphatic rings. The van der Waals surface area contributed by atoms with Crippen LogP contribution >= 0.6 is 0 Å². The fourth-order valence-corrected chi connectivity index (χ4v) is 8.51. The zero-order valence-electron chi connectivity index (χ0n) is 15.9. The molecule has 0 radical (unpaired) electrons. The van der Waals surface area contributed by atoms with Gasteiger partial charge in [0.05, 0.1) is 12.2 Å². The number of hydrogen-bond acceptors (Lipinski definition) is 3. The molecule has 8 atom stereocenters. The first kappa shape index (κ1) is 16.5. The Hall–Kier alpha value is -0.670. The highest BCUT2D eigenvalue weighted by atomic mass is 16.5. The molecule has 1 N–H and O–H groups in total. The number of hydrogen-bond donors (Lipinski definition) is 1. The molecule has 5 aliphatic carbocycles. The minimum absolute atomic E-state index is 0.00179. The standard InChI is InChI=1S/C22H32O3/c1-13-8-14-9-16(23)4-5-17(14)18-6-7-20(2)21(24,12-25-3)10-15-11-22(15,20)19(13)18/h9,13,15,17-19,24H,4-8,10-12H2,1-3H3/t13?,15?,17-,18+,19+,20+,21?,22?/m0/s1. The maximum absolute atomic E-state index is 11.9. The molecule has 0 saturated heterocycles. The van der Waals surface area contributed by atoms with E-state index < -0.39 is 5.60 Å². The molecule has 4 saturated carbocycles. The Morgan fingerprint density at radius 2 is 2.12 bits per heavy atom. The second kappa shape index (κ2) is 4.98. The van der Waals surface area contributed by atoms with E-state index in [-0.39, 0.29) is 5.41 Å². The van der Waals surface area contributed by atoms with Crippen molar-refractivity contribution < 1.29 is 14.6 Å². The van der Waals surface area contributed by atoms with Crippen molar-refractivity contribution in [2.45, 2.75) is 64.4 Å². The lowest BCUT2D eigenvalue weighted by Gasteiger charge is -2.59. The summed E-state index contributed by atoms with van der Waals surface area (Å²) in [5.41, 5.74) is 1.14. The number of carbonyl (C=O) groups is 1. The highest BCUT2D eigenvalue weighted by Gasteiger charge is 2.81. The number of rotatable bonds is 2. The molecule has 4 fully saturated rings. The van der Waals surface area contributed by atoms with Gasteiger partial charge in [0.15, 0.2) is 5.78 Å². The fourth-order valence-electron chi connectivity index (χ4n) is 8.51. The van der Waals surface area contributed by atoms with Crippen molar-refractivity contribution in [3.63, 3.8) is 0 Å². The summed E-state index contributed by atoms with van der Waals surface area (Å²) in [5, 5.41) is 11.5. The molecule has 138 valence electrons. The van der Waals surface area contributed by atoms with Gasteiger partial charge in [0.25, 0.3) is 0 Å². The van der Waals surface area contributed by atoms with E-state index in [0.717, 1.165) is 43.9 Å². The van der Waals surface area contributed by atoms with Crippen molar-refractivity contribution in [3.05, 3.63) is 11.6 Å². The molecule has 0 bridgehead atoms. The Labute approximate surface area is 151 Å². The molecule has 3 nitrogen and oxygen atoms in total. The lowest BCUT2D eigenvalue weighted by molar-refractivity contribution is -0.173. The minimum atomic E-state index is -0.645. The molecule has 0 heterocycles. The van der Waals surface area contributed by atoms with E-state index >= 15 is 0 Å². The van der Waals surface area contributed by atoms with Crippen LogP contribution in [0.5, 0.6) is 0 Å². The Morgan fingerprint density at radius 1 is 1.32 bits per heavy atom. The van der Waals surface area contributed by atoms with Crippen molar-refractivity contribution >= 4 is 5.78 Å². The van der Waals surface area contributed by atoms with Gasteiger partial charge in [-0.2, -0.15) is 0 Å². The summed E-state index contributed by atoms with van der Waals surface area (Å²) in [6, 6.07) is 0. The Morgan fingerprint density at radius 3 is 2.88 bits per heavy atom. The number of carbonyl (C=O) groups excluding carboxylic acids is 1. The second-order valence-corrected chi connectivity index (χ2v) is 10.2. The van der Waals surface area contributed by atoms with Crippen LogP contribution in [0.3, 0.4) is 0 Å². The summed E-state index contributed by atoms with van der Waals surface area (Å²) >= 11 is 0. The molecule has 0 amide bonds. The topological polar surface area (TPSA) is 46.5 Å². The lowest BCUT2D eigenvalue weighted by Crippen LogP contribution is -2.58. The zero-order chi connectivity index (χ0) is 17.6. The van der Waals surface area contributed by atoms with Crippen LogP contribution in [0.25, 0.3) is 0 Å². The van der Waals surface area contributed by atoms with Gasteiger partial charge in [-0.3, -0.25) is 4.79 Å².